The number of esters is 1. The van der Waals surface area contributed by atoms with Gasteiger partial charge in [-0.25, -0.2) is 19.2 Å². The SMILES string of the molecule is COC(=O)c1nc(-c2ccc(C(F)(F)F)c(F)c2)nc(N)c1OC. The predicted octanol–water partition coefficient (Wildman–Crippen LogP) is 2.68. The van der Waals surface area contributed by atoms with E-state index in [1.54, 1.807) is 0 Å². The Morgan fingerprint density at radius 2 is 1.88 bits per heavy atom. The van der Waals surface area contributed by atoms with Gasteiger partial charge in [-0.1, -0.05) is 6.07 Å². The molecule has 2 aromatic rings. The first-order valence-corrected chi connectivity index (χ1v) is 6.36. The van der Waals surface area contributed by atoms with Crippen molar-refractivity contribution in [1.29, 1.82) is 0 Å². The van der Waals surface area contributed by atoms with Crippen LogP contribution in [-0.2, 0) is 10.9 Å². The fourth-order valence-corrected chi connectivity index (χ4v) is 1.92. The van der Waals surface area contributed by atoms with E-state index in [1.165, 1.54) is 7.11 Å². The van der Waals surface area contributed by atoms with Crippen molar-refractivity contribution < 1.29 is 31.8 Å². The molecule has 2 N–H and O–H groups in total. The van der Waals surface area contributed by atoms with Gasteiger partial charge in [0.05, 0.1) is 19.8 Å². The van der Waals surface area contributed by atoms with Crippen molar-refractivity contribution in [3.8, 4) is 17.1 Å². The van der Waals surface area contributed by atoms with E-state index in [4.69, 9.17) is 10.5 Å². The molecular weight excluding hydrogens is 334 g/mol. The average Bonchev–Trinajstić information content (AvgIpc) is 2.51. The minimum Gasteiger partial charge on any atom is -0.491 e. The molecule has 6 nitrogen and oxygen atoms in total. The Hall–Kier alpha value is -2.91. The van der Waals surface area contributed by atoms with Crippen LogP contribution in [0.15, 0.2) is 18.2 Å². The Bertz CT molecular complexity index is 794. The zero-order chi connectivity index (χ0) is 18.1. The first kappa shape index (κ1) is 17.4. The molecule has 0 saturated carbocycles. The maximum atomic E-state index is 13.7. The van der Waals surface area contributed by atoms with Gasteiger partial charge in [-0.15, -0.1) is 0 Å². The summed E-state index contributed by atoms with van der Waals surface area (Å²) in [6.07, 6.45) is -4.83. The topological polar surface area (TPSA) is 87.3 Å². The average molecular weight is 345 g/mol. The van der Waals surface area contributed by atoms with Crippen molar-refractivity contribution in [2.45, 2.75) is 6.18 Å². The van der Waals surface area contributed by atoms with E-state index >= 15 is 0 Å². The van der Waals surface area contributed by atoms with Gasteiger partial charge in [0.25, 0.3) is 0 Å². The highest BCUT2D eigenvalue weighted by molar-refractivity contribution is 5.92. The van der Waals surface area contributed by atoms with Crippen LogP contribution in [0, 0.1) is 5.82 Å². The smallest absolute Gasteiger partial charge is 0.419 e. The summed E-state index contributed by atoms with van der Waals surface area (Å²) in [6.45, 7) is 0. The highest BCUT2D eigenvalue weighted by Crippen LogP contribution is 2.34. The molecule has 10 heteroatoms. The standard InChI is InChI=1S/C14H11F4N3O3/c1-23-10-9(13(22)24-2)20-12(21-11(10)19)6-3-4-7(8(15)5-6)14(16,17)18/h3-5H,1-2H3,(H2,19,20,21). The summed E-state index contributed by atoms with van der Waals surface area (Å²) in [5, 5.41) is 0. The number of hydrogen-bond donors (Lipinski definition) is 1. The van der Waals surface area contributed by atoms with Gasteiger partial charge in [-0.2, -0.15) is 13.2 Å². The number of carbonyl (C=O) groups is 1. The number of anilines is 1. The van der Waals surface area contributed by atoms with E-state index in [2.05, 4.69) is 14.7 Å². The highest BCUT2D eigenvalue weighted by atomic mass is 19.4. The monoisotopic (exact) mass is 345 g/mol. The number of nitrogen functional groups attached to an aromatic ring is 1. The van der Waals surface area contributed by atoms with Crippen LogP contribution < -0.4 is 10.5 Å². The van der Waals surface area contributed by atoms with Crippen LogP contribution in [0.4, 0.5) is 23.4 Å². The minimum absolute atomic E-state index is 0.0972. The zero-order valence-electron chi connectivity index (χ0n) is 12.4. The van der Waals surface area contributed by atoms with E-state index in [0.717, 1.165) is 13.2 Å². The third-order valence-corrected chi connectivity index (χ3v) is 3.01. The van der Waals surface area contributed by atoms with E-state index < -0.39 is 23.5 Å². The number of ether oxygens (including phenoxy) is 2. The van der Waals surface area contributed by atoms with Crippen LogP contribution in [-0.4, -0.2) is 30.2 Å². The van der Waals surface area contributed by atoms with E-state index in [-0.39, 0.29) is 28.6 Å². The molecule has 0 unspecified atom stereocenters. The number of halogens is 4. The van der Waals surface area contributed by atoms with Gasteiger partial charge in [-0.05, 0) is 12.1 Å². The molecule has 24 heavy (non-hydrogen) atoms. The molecule has 1 heterocycles. The van der Waals surface area contributed by atoms with Crippen LogP contribution >= 0.6 is 0 Å². The molecule has 0 saturated heterocycles. The number of carbonyl (C=O) groups excluding carboxylic acids is 1. The summed E-state index contributed by atoms with van der Waals surface area (Å²) in [7, 11) is 2.32. The fraction of sp³-hybridized carbons (Fsp3) is 0.214. The lowest BCUT2D eigenvalue weighted by Crippen LogP contribution is -2.12. The Labute approximate surface area is 133 Å². The third-order valence-electron chi connectivity index (χ3n) is 3.01. The molecule has 0 aliphatic heterocycles. The molecule has 0 fully saturated rings. The number of aromatic nitrogens is 2. The molecule has 0 bridgehead atoms. The molecule has 0 amide bonds. The summed E-state index contributed by atoms with van der Waals surface area (Å²) in [6, 6.07) is 2.12. The Morgan fingerprint density at radius 3 is 2.38 bits per heavy atom. The predicted molar refractivity (Wildman–Crippen MR) is 74.7 cm³/mol. The minimum atomic E-state index is -4.83. The molecule has 2 rings (SSSR count). The Morgan fingerprint density at radius 1 is 1.21 bits per heavy atom. The molecule has 1 aromatic heterocycles. The van der Waals surface area contributed by atoms with Crippen LogP contribution in [0.3, 0.4) is 0 Å². The lowest BCUT2D eigenvalue weighted by Gasteiger charge is -2.12. The Kier molecular flexibility index (Phi) is 4.58. The fourth-order valence-electron chi connectivity index (χ4n) is 1.92. The van der Waals surface area contributed by atoms with Crippen LogP contribution in [0.25, 0.3) is 11.4 Å². The molecule has 0 aliphatic rings. The van der Waals surface area contributed by atoms with Crippen molar-refractivity contribution in [1.82, 2.24) is 9.97 Å². The number of hydrogen-bond acceptors (Lipinski definition) is 6. The van der Waals surface area contributed by atoms with Gasteiger partial charge < -0.3 is 15.2 Å². The largest absolute Gasteiger partial charge is 0.491 e. The second kappa shape index (κ2) is 6.30. The van der Waals surface area contributed by atoms with Gasteiger partial charge >= 0.3 is 12.1 Å². The third kappa shape index (κ3) is 3.21. The van der Waals surface area contributed by atoms with Gasteiger partial charge in [0.2, 0.25) is 0 Å². The molecule has 0 atom stereocenters. The zero-order valence-corrected chi connectivity index (χ0v) is 12.4. The number of nitrogens with zero attached hydrogens (tertiary/aromatic N) is 2. The molecule has 1 aromatic carbocycles. The summed E-state index contributed by atoms with van der Waals surface area (Å²) in [5.74, 6) is -3.05. The summed E-state index contributed by atoms with van der Waals surface area (Å²) < 4.78 is 60.9. The number of alkyl halides is 3. The number of rotatable bonds is 3. The normalized spacial score (nSPS) is 11.2. The van der Waals surface area contributed by atoms with E-state index in [0.29, 0.717) is 12.1 Å². The Balaban J connectivity index is 2.59. The van der Waals surface area contributed by atoms with E-state index in [1.807, 2.05) is 0 Å². The summed E-state index contributed by atoms with van der Waals surface area (Å²) in [4.78, 5) is 19.4. The van der Waals surface area contributed by atoms with Crippen LogP contribution in [0.2, 0.25) is 0 Å². The number of methoxy groups -OCH3 is 2. The maximum Gasteiger partial charge on any atom is 0.419 e. The summed E-state index contributed by atoms with van der Waals surface area (Å²) >= 11 is 0. The molecule has 0 aliphatic carbocycles. The lowest BCUT2D eigenvalue weighted by atomic mass is 10.1. The van der Waals surface area contributed by atoms with Crippen molar-refractivity contribution in [3.05, 3.63) is 35.3 Å². The van der Waals surface area contributed by atoms with Gasteiger partial charge in [0.1, 0.15) is 5.82 Å². The van der Waals surface area contributed by atoms with Crippen molar-refractivity contribution in [2.24, 2.45) is 0 Å². The second-order valence-electron chi connectivity index (χ2n) is 4.50. The molecule has 0 spiro atoms. The lowest BCUT2D eigenvalue weighted by molar-refractivity contribution is -0.139. The molecular formula is C14H11F4N3O3. The van der Waals surface area contributed by atoms with Gasteiger partial charge in [0, 0.05) is 5.56 Å². The van der Waals surface area contributed by atoms with Crippen molar-refractivity contribution >= 4 is 11.8 Å². The first-order chi connectivity index (χ1) is 11.2. The van der Waals surface area contributed by atoms with Crippen LogP contribution in [0.5, 0.6) is 5.75 Å². The van der Waals surface area contributed by atoms with Crippen molar-refractivity contribution in [2.75, 3.05) is 20.0 Å². The van der Waals surface area contributed by atoms with Gasteiger partial charge in [-0.3, -0.25) is 0 Å². The van der Waals surface area contributed by atoms with Crippen LogP contribution in [0.1, 0.15) is 16.1 Å². The quantitative estimate of drug-likeness (QED) is 0.680. The van der Waals surface area contributed by atoms with Gasteiger partial charge in [0.15, 0.2) is 23.1 Å². The molecule has 128 valence electrons. The maximum absolute atomic E-state index is 13.7. The van der Waals surface area contributed by atoms with Crippen molar-refractivity contribution in [3.63, 3.8) is 0 Å². The number of nitrogens with two attached hydrogens (primary N) is 1. The summed E-state index contributed by atoms with van der Waals surface area (Å²) in [5.41, 5.74) is 3.78. The number of benzene rings is 1. The molecule has 0 radical (unpaired) electrons. The van der Waals surface area contributed by atoms with E-state index in [9.17, 15) is 22.4 Å². The second-order valence-corrected chi connectivity index (χ2v) is 4.50. The highest BCUT2D eigenvalue weighted by Gasteiger charge is 2.34. The first-order valence-electron chi connectivity index (χ1n) is 6.36.